The lowest BCUT2D eigenvalue weighted by molar-refractivity contribution is 0.287. The summed E-state index contributed by atoms with van der Waals surface area (Å²) in [7, 11) is 0. The molecule has 124 valence electrons. The normalized spacial score (nSPS) is 11.2. The molecule has 0 spiro atoms. The number of hydrogen-bond donors (Lipinski definition) is 2. The molecule has 1 atom stereocenters. The summed E-state index contributed by atoms with van der Waals surface area (Å²) in [6.07, 6.45) is 0.413. The molecule has 0 fully saturated rings. The van der Waals surface area contributed by atoms with Gasteiger partial charge in [-0.3, -0.25) is 0 Å². The van der Waals surface area contributed by atoms with Crippen molar-refractivity contribution in [2.75, 3.05) is 11.9 Å². The van der Waals surface area contributed by atoms with E-state index >= 15 is 0 Å². The molecule has 0 aromatic heterocycles. The number of hydrogen-bond acceptors (Lipinski definition) is 3. The van der Waals surface area contributed by atoms with E-state index in [0.717, 1.165) is 17.0 Å². The van der Waals surface area contributed by atoms with Gasteiger partial charge in [0, 0.05) is 5.69 Å². The highest BCUT2D eigenvalue weighted by atomic mass is 32.1. The van der Waals surface area contributed by atoms with E-state index in [9.17, 15) is 0 Å². The van der Waals surface area contributed by atoms with Crippen LogP contribution in [0.4, 0.5) is 5.69 Å². The molecule has 5 heteroatoms. The van der Waals surface area contributed by atoms with Gasteiger partial charge in [-0.25, -0.2) is 0 Å². The molecule has 2 aromatic rings. The molecule has 0 bridgehead atoms. The summed E-state index contributed by atoms with van der Waals surface area (Å²) < 4.78 is 5.74. The molecule has 0 saturated carbocycles. The van der Waals surface area contributed by atoms with Gasteiger partial charge < -0.3 is 15.4 Å². The Morgan fingerprint density at radius 2 is 1.83 bits per heavy atom. The van der Waals surface area contributed by atoms with Crippen LogP contribution in [0.1, 0.15) is 18.1 Å². The number of aryl methyl sites for hydroxylation is 1. The van der Waals surface area contributed by atoms with E-state index in [4.69, 9.17) is 22.2 Å². The zero-order valence-electron chi connectivity index (χ0n) is 13.9. The minimum Gasteiger partial charge on any atom is -0.491 e. The van der Waals surface area contributed by atoms with Crippen molar-refractivity contribution < 1.29 is 4.74 Å². The van der Waals surface area contributed by atoms with Gasteiger partial charge in [-0.05, 0) is 55.9 Å². The highest BCUT2D eigenvalue weighted by Gasteiger charge is 2.06. The summed E-state index contributed by atoms with van der Waals surface area (Å²) in [4.78, 5) is 0. The highest BCUT2D eigenvalue weighted by molar-refractivity contribution is 7.80. The first-order valence-electron chi connectivity index (χ1n) is 7.79. The first kappa shape index (κ1) is 17.8. The van der Waals surface area contributed by atoms with Gasteiger partial charge in [-0.1, -0.05) is 29.8 Å². The molecule has 4 nitrogen and oxygen atoms in total. The highest BCUT2D eigenvalue weighted by Crippen LogP contribution is 2.12. The lowest BCUT2D eigenvalue weighted by Gasteiger charge is -2.18. The maximum Gasteiger partial charge on any atom is 0.171 e. The number of rotatable bonds is 6. The third-order valence-electron chi connectivity index (χ3n) is 3.39. The molecule has 0 radical (unpaired) electrons. The molecule has 2 rings (SSSR count). The van der Waals surface area contributed by atoms with Gasteiger partial charge in [0.2, 0.25) is 0 Å². The Morgan fingerprint density at radius 1 is 1.17 bits per heavy atom. The minimum atomic E-state index is 0.0733. The van der Waals surface area contributed by atoms with Gasteiger partial charge in [0.15, 0.2) is 5.11 Å². The van der Waals surface area contributed by atoms with Crippen molar-refractivity contribution in [2.45, 2.75) is 26.3 Å². The van der Waals surface area contributed by atoms with Crippen LogP contribution in [0.25, 0.3) is 0 Å². The first-order valence-corrected chi connectivity index (χ1v) is 8.20. The fraction of sp³-hybridized carbons (Fsp3) is 0.263. The molecular weight excluding hydrogens is 318 g/mol. The van der Waals surface area contributed by atoms with Crippen molar-refractivity contribution in [3.8, 4) is 11.8 Å². The molecule has 0 aliphatic heterocycles. The van der Waals surface area contributed by atoms with Gasteiger partial charge in [0.1, 0.15) is 12.4 Å². The molecule has 24 heavy (non-hydrogen) atoms. The van der Waals surface area contributed by atoms with Crippen LogP contribution >= 0.6 is 12.2 Å². The SMILES string of the molecule is Cc1ccc(OCC(C)NC(=S)Nc2ccc(CC#N)cc2)cc1. The van der Waals surface area contributed by atoms with E-state index in [0.29, 0.717) is 18.1 Å². The maximum absolute atomic E-state index is 8.67. The Bertz CT molecular complexity index is 705. The van der Waals surface area contributed by atoms with Gasteiger partial charge in [-0.15, -0.1) is 0 Å². The van der Waals surface area contributed by atoms with E-state index in [-0.39, 0.29) is 6.04 Å². The lowest BCUT2D eigenvalue weighted by atomic mass is 10.1. The zero-order valence-corrected chi connectivity index (χ0v) is 14.7. The summed E-state index contributed by atoms with van der Waals surface area (Å²) in [6, 6.07) is 17.8. The molecule has 0 amide bonds. The van der Waals surface area contributed by atoms with Gasteiger partial charge in [-0.2, -0.15) is 5.26 Å². The van der Waals surface area contributed by atoms with Crippen LogP contribution in [-0.2, 0) is 6.42 Å². The smallest absolute Gasteiger partial charge is 0.171 e. The largest absolute Gasteiger partial charge is 0.491 e. The van der Waals surface area contributed by atoms with E-state index < -0.39 is 0 Å². The molecule has 1 unspecified atom stereocenters. The van der Waals surface area contributed by atoms with E-state index in [2.05, 4.69) is 16.7 Å². The Hall–Kier alpha value is -2.58. The van der Waals surface area contributed by atoms with Crippen molar-refractivity contribution >= 4 is 23.0 Å². The fourth-order valence-electron chi connectivity index (χ4n) is 2.09. The van der Waals surface area contributed by atoms with E-state index in [1.165, 1.54) is 5.56 Å². The minimum absolute atomic E-state index is 0.0733. The Morgan fingerprint density at radius 3 is 2.46 bits per heavy atom. The van der Waals surface area contributed by atoms with Crippen LogP contribution in [0.2, 0.25) is 0 Å². The topological polar surface area (TPSA) is 57.1 Å². The second kappa shape index (κ2) is 8.90. The molecular formula is C19H21N3OS. The van der Waals surface area contributed by atoms with Gasteiger partial charge >= 0.3 is 0 Å². The van der Waals surface area contributed by atoms with Gasteiger partial charge in [0.05, 0.1) is 18.5 Å². The zero-order chi connectivity index (χ0) is 17.4. The third kappa shape index (κ3) is 5.90. The Kier molecular flexibility index (Phi) is 6.59. The summed E-state index contributed by atoms with van der Waals surface area (Å²) >= 11 is 5.31. The van der Waals surface area contributed by atoms with Gasteiger partial charge in [0.25, 0.3) is 0 Å². The number of benzene rings is 2. The predicted molar refractivity (Wildman–Crippen MR) is 101 cm³/mol. The number of ether oxygens (including phenoxy) is 1. The van der Waals surface area contributed by atoms with Crippen molar-refractivity contribution in [1.82, 2.24) is 5.32 Å². The van der Waals surface area contributed by atoms with Crippen LogP contribution in [0.3, 0.4) is 0 Å². The summed E-state index contributed by atoms with van der Waals surface area (Å²) in [6.45, 7) is 4.58. The number of thiocarbonyl (C=S) groups is 1. The molecule has 0 aliphatic rings. The fourth-order valence-corrected chi connectivity index (χ4v) is 2.40. The standard InChI is InChI=1S/C19H21N3OS/c1-14-3-9-18(10-4-14)23-13-15(2)21-19(24)22-17-7-5-16(6-8-17)11-12-20/h3-10,15H,11,13H2,1-2H3,(H2,21,22,24). The van der Waals surface area contributed by atoms with E-state index in [1.807, 2.05) is 62.4 Å². The van der Waals surface area contributed by atoms with Crippen LogP contribution in [0.5, 0.6) is 5.75 Å². The summed E-state index contributed by atoms with van der Waals surface area (Å²) in [5, 5.41) is 15.5. The third-order valence-corrected chi connectivity index (χ3v) is 3.61. The number of nitrogens with one attached hydrogen (secondary N) is 2. The summed E-state index contributed by atoms with van der Waals surface area (Å²) in [5.74, 6) is 0.848. The first-order chi connectivity index (χ1) is 11.6. The summed E-state index contributed by atoms with van der Waals surface area (Å²) in [5.41, 5.74) is 3.09. The van der Waals surface area contributed by atoms with Crippen molar-refractivity contribution in [1.29, 1.82) is 5.26 Å². The molecule has 2 aromatic carbocycles. The number of nitriles is 1. The quantitative estimate of drug-likeness (QED) is 0.784. The molecule has 0 saturated heterocycles. The second-order valence-corrected chi connectivity index (χ2v) is 6.06. The molecule has 2 N–H and O–H groups in total. The van der Waals surface area contributed by atoms with Crippen LogP contribution < -0.4 is 15.4 Å². The maximum atomic E-state index is 8.67. The molecule has 0 heterocycles. The van der Waals surface area contributed by atoms with E-state index in [1.54, 1.807) is 0 Å². The van der Waals surface area contributed by atoms with Crippen LogP contribution in [0, 0.1) is 18.3 Å². The van der Waals surface area contributed by atoms with Crippen molar-refractivity contribution in [3.05, 3.63) is 59.7 Å². The molecule has 0 aliphatic carbocycles. The predicted octanol–water partition coefficient (Wildman–Crippen LogP) is 3.82. The Labute approximate surface area is 148 Å². The lowest BCUT2D eigenvalue weighted by Crippen LogP contribution is -2.39. The van der Waals surface area contributed by atoms with Crippen molar-refractivity contribution in [2.24, 2.45) is 0 Å². The number of nitrogens with zero attached hydrogens (tertiary/aromatic N) is 1. The number of anilines is 1. The van der Waals surface area contributed by atoms with Crippen molar-refractivity contribution in [3.63, 3.8) is 0 Å². The van der Waals surface area contributed by atoms with Crippen LogP contribution in [0.15, 0.2) is 48.5 Å². The average Bonchev–Trinajstić information content (AvgIpc) is 2.56. The second-order valence-electron chi connectivity index (χ2n) is 5.66. The monoisotopic (exact) mass is 339 g/mol. The van der Waals surface area contributed by atoms with Crippen LogP contribution in [-0.4, -0.2) is 17.8 Å². The Balaban J connectivity index is 1.76. The average molecular weight is 339 g/mol.